The zero-order valence-corrected chi connectivity index (χ0v) is 13.2. The molecule has 0 aliphatic heterocycles. The lowest BCUT2D eigenvalue weighted by atomic mass is 10.1. The summed E-state index contributed by atoms with van der Waals surface area (Å²) in [6, 6.07) is 3.17. The van der Waals surface area contributed by atoms with E-state index in [1.807, 2.05) is 0 Å². The van der Waals surface area contributed by atoms with Crippen molar-refractivity contribution in [3.8, 4) is 0 Å². The van der Waals surface area contributed by atoms with Gasteiger partial charge in [0, 0.05) is 39.3 Å². The average Bonchev–Trinajstić information content (AvgIpc) is 2.44. The van der Waals surface area contributed by atoms with Gasteiger partial charge in [-0.25, -0.2) is 4.79 Å². The predicted molar refractivity (Wildman–Crippen MR) is 80.7 cm³/mol. The van der Waals surface area contributed by atoms with E-state index in [1.165, 1.54) is 30.8 Å². The Balaban J connectivity index is 3.57. The van der Waals surface area contributed by atoms with Gasteiger partial charge in [-0.2, -0.15) is 0 Å². The van der Waals surface area contributed by atoms with Crippen LogP contribution in [-0.4, -0.2) is 39.0 Å². The average molecular weight is 292 g/mol. The van der Waals surface area contributed by atoms with Crippen molar-refractivity contribution in [1.29, 1.82) is 0 Å². The van der Waals surface area contributed by atoms with E-state index < -0.39 is 5.97 Å². The van der Waals surface area contributed by atoms with Crippen LogP contribution in [0.15, 0.2) is 12.1 Å². The molecule has 0 spiro atoms. The van der Waals surface area contributed by atoms with Crippen LogP contribution in [0.1, 0.15) is 29.8 Å². The molecule has 0 saturated carbocycles. The summed E-state index contributed by atoms with van der Waals surface area (Å²) in [6.45, 7) is 4.65. The highest BCUT2D eigenvalue weighted by Gasteiger charge is 2.20. The molecular weight excluding hydrogens is 272 g/mol. The van der Waals surface area contributed by atoms with E-state index in [-0.39, 0.29) is 17.4 Å². The van der Waals surface area contributed by atoms with Crippen LogP contribution >= 0.6 is 0 Å². The third-order valence-corrected chi connectivity index (χ3v) is 3.44. The lowest BCUT2D eigenvalue weighted by Gasteiger charge is -2.24. The van der Waals surface area contributed by atoms with Crippen LogP contribution in [0, 0.1) is 6.92 Å². The van der Waals surface area contributed by atoms with Crippen molar-refractivity contribution in [2.75, 3.05) is 31.0 Å². The normalized spacial score (nSPS) is 10.0. The fourth-order valence-corrected chi connectivity index (χ4v) is 1.96. The van der Waals surface area contributed by atoms with Crippen molar-refractivity contribution >= 4 is 29.2 Å². The quantitative estimate of drug-likeness (QED) is 0.796. The lowest BCUT2D eigenvalue weighted by Crippen LogP contribution is -2.27. The summed E-state index contributed by atoms with van der Waals surface area (Å²) in [5.41, 5.74) is 2.15. The molecule has 1 aromatic rings. The van der Waals surface area contributed by atoms with Crippen LogP contribution in [0.25, 0.3) is 0 Å². The zero-order chi connectivity index (χ0) is 16.3. The van der Waals surface area contributed by atoms with Crippen molar-refractivity contribution in [1.82, 2.24) is 0 Å². The molecule has 6 heteroatoms. The van der Waals surface area contributed by atoms with Crippen molar-refractivity contribution < 1.29 is 19.1 Å². The van der Waals surface area contributed by atoms with Crippen LogP contribution in [0.3, 0.4) is 0 Å². The van der Waals surface area contributed by atoms with Crippen LogP contribution in [0.4, 0.5) is 11.4 Å². The number of amides is 2. The summed E-state index contributed by atoms with van der Waals surface area (Å²) in [7, 11) is 4.51. The molecule has 0 saturated heterocycles. The number of carbonyl (C=O) groups excluding carboxylic acids is 3. The molecule has 0 aromatic heterocycles. The van der Waals surface area contributed by atoms with Crippen LogP contribution in [-0.2, 0) is 14.3 Å². The van der Waals surface area contributed by atoms with E-state index in [0.29, 0.717) is 11.4 Å². The minimum absolute atomic E-state index is 0.170. The zero-order valence-electron chi connectivity index (χ0n) is 13.2. The van der Waals surface area contributed by atoms with Crippen LogP contribution < -0.4 is 9.80 Å². The molecule has 0 unspecified atom stereocenters. The number of esters is 1. The molecule has 0 aliphatic rings. The maximum absolute atomic E-state index is 11.8. The molecule has 1 aromatic carbocycles. The maximum atomic E-state index is 11.8. The van der Waals surface area contributed by atoms with Gasteiger partial charge in [0.2, 0.25) is 11.8 Å². The van der Waals surface area contributed by atoms with Gasteiger partial charge in [0.1, 0.15) is 0 Å². The number of benzene rings is 1. The third kappa shape index (κ3) is 3.39. The van der Waals surface area contributed by atoms with Crippen molar-refractivity contribution in [3.63, 3.8) is 0 Å². The van der Waals surface area contributed by atoms with E-state index in [1.54, 1.807) is 33.2 Å². The first kappa shape index (κ1) is 16.7. The first-order chi connectivity index (χ1) is 9.70. The van der Waals surface area contributed by atoms with E-state index in [0.717, 1.165) is 5.56 Å². The van der Waals surface area contributed by atoms with Crippen LogP contribution in [0.5, 0.6) is 0 Å². The van der Waals surface area contributed by atoms with Gasteiger partial charge in [-0.05, 0) is 24.6 Å². The van der Waals surface area contributed by atoms with Crippen molar-refractivity contribution in [2.24, 2.45) is 0 Å². The number of rotatable bonds is 3. The number of hydrogen-bond acceptors (Lipinski definition) is 4. The fraction of sp³-hybridized carbons (Fsp3) is 0.400. The Kier molecular flexibility index (Phi) is 5.07. The Bertz CT molecular complexity index is 554. The standard InChI is InChI=1S/C15H20N2O4/c1-9-13(16(4)10(2)18)7-12(15(20)21-6)8-14(9)17(5)11(3)19/h7-8H,1-6H3. The Labute approximate surface area is 124 Å². The Morgan fingerprint density at radius 2 is 1.33 bits per heavy atom. The second-order valence-electron chi connectivity index (χ2n) is 4.79. The number of anilines is 2. The van der Waals surface area contributed by atoms with E-state index in [9.17, 15) is 14.4 Å². The molecule has 0 heterocycles. The maximum Gasteiger partial charge on any atom is 0.337 e. The lowest BCUT2D eigenvalue weighted by molar-refractivity contribution is -0.117. The second kappa shape index (κ2) is 6.39. The minimum Gasteiger partial charge on any atom is -0.465 e. The summed E-state index contributed by atoms with van der Waals surface area (Å²) < 4.78 is 4.72. The third-order valence-electron chi connectivity index (χ3n) is 3.44. The fourth-order valence-electron chi connectivity index (χ4n) is 1.96. The van der Waals surface area contributed by atoms with Gasteiger partial charge < -0.3 is 14.5 Å². The molecule has 0 fully saturated rings. The van der Waals surface area contributed by atoms with E-state index >= 15 is 0 Å². The molecule has 0 N–H and O–H groups in total. The highest BCUT2D eigenvalue weighted by molar-refractivity contribution is 6.00. The molecule has 0 atom stereocenters. The van der Waals surface area contributed by atoms with E-state index in [2.05, 4.69) is 0 Å². The van der Waals surface area contributed by atoms with E-state index in [4.69, 9.17) is 4.74 Å². The monoisotopic (exact) mass is 292 g/mol. The Morgan fingerprint density at radius 1 is 0.952 bits per heavy atom. The molecular formula is C15H20N2O4. The first-order valence-electron chi connectivity index (χ1n) is 6.42. The highest BCUT2D eigenvalue weighted by Crippen LogP contribution is 2.31. The summed E-state index contributed by atoms with van der Waals surface area (Å²) in [4.78, 5) is 37.8. The van der Waals surface area contributed by atoms with Gasteiger partial charge in [0.25, 0.3) is 0 Å². The second-order valence-corrected chi connectivity index (χ2v) is 4.79. The highest BCUT2D eigenvalue weighted by atomic mass is 16.5. The number of nitrogens with zero attached hydrogens (tertiary/aromatic N) is 2. The molecule has 114 valence electrons. The van der Waals surface area contributed by atoms with Crippen molar-refractivity contribution in [3.05, 3.63) is 23.3 Å². The molecule has 2 amide bonds. The molecule has 0 aliphatic carbocycles. The van der Waals surface area contributed by atoms with Gasteiger partial charge in [0.15, 0.2) is 0 Å². The topological polar surface area (TPSA) is 66.9 Å². The molecule has 21 heavy (non-hydrogen) atoms. The first-order valence-corrected chi connectivity index (χ1v) is 6.42. The molecule has 0 radical (unpaired) electrons. The van der Waals surface area contributed by atoms with Gasteiger partial charge in [-0.1, -0.05) is 0 Å². The SMILES string of the molecule is COC(=O)c1cc(N(C)C(C)=O)c(C)c(N(C)C(C)=O)c1. The largest absolute Gasteiger partial charge is 0.465 e. The van der Waals surface area contributed by atoms with Gasteiger partial charge in [-0.15, -0.1) is 0 Å². The molecule has 0 bridgehead atoms. The number of carbonyl (C=O) groups is 3. The van der Waals surface area contributed by atoms with Gasteiger partial charge in [-0.3, -0.25) is 9.59 Å². The summed E-state index contributed by atoms with van der Waals surface area (Å²) in [5.74, 6) is -0.862. The number of hydrogen-bond donors (Lipinski definition) is 0. The molecule has 1 rings (SSSR count). The minimum atomic E-state index is -0.522. The van der Waals surface area contributed by atoms with Gasteiger partial charge in [0.05, 0.1) is 12.7 Å². The van der Waals surface area contributed by atoms with Crippen LogP contribution in [0.2, 0.25) is 0 Å². The smallest absolute Gasteiger partial charge is 0.337 e. The summed E-state index contributed by atoms with van der Waals surface area (Å²) in [5, 5.41) is 0. The Morgan fingerprint density at radius 3 is 1.62 bits per heavy atom. The van der Waals surface area contributed by atoms with Gasteiger partial charge >= 0.3 is 5.97 Å². The number of ether oxygens (including phenoxy) is 1. The number of methoxy groups -OCH3 is 1. The summed E-state index contributed by atoms with van der Waals surface area (Å²) >= 11 is 0. The Hall–Kier alpha value is -2.37. The molecule has 6 nitrogen and oxygen atoms in total. The predicted octanol–water partition coefficient (Wildman–Crippen LogP) is 1.75. The van der Waals surface area contributed by atoms with Crippen molar-refractivity contribution in [2.45, 2.75) is 20.8 Å². The summed E-state index contributed by atoms with van der Waals surface area (Å²) in [6.07, 6.45) is 0.